The lowest BCUT2D eigenvalue weighted by Crippen LogP contribution is -2.35. The maximum atomic E-state index is 9.59. The lowest BCUT2D eigenvalue weighted by molar-refractivity contribution is 0.104. The number of nitrogens with one attached hydrogen (secondary N) is 1. The molecule has 4 N–H and O–H groups in total. The summed E-state index contributed by atoms with van der Waals surface area (Å²) >= 11 is 0. The summed E-state index contributed by atoms with van der Waals surface area (Å²) in [6, 6.07) is 4.27. The van der Waals surface area contributed by atoms with Crippen LogP contribution in [0.5, 0.6) is 17.2 Å². The molecule has 0 aromatic heterocycles. The highest BCUT2D eigenvalue weighted by Crippen LogP contribution is 2.25. The SMILES string of the molecule is CC(C)NC[C@H](O)COc1cc(O)cc(O)c1. The lowest BCUT2D eigenvalue weighted by Gasteiger charge is -2.15. The van der Waals surface area contributed by atoms with Crippen LogP contribution in [0.1, 0.15) is 13.8 Å². The van der Waals surface area contributed by atoms with Crippen molar-refractivity contribution in [3.63, 3.8) is 0 Å². The second-order valence-corrected chi connectivity index (χ2v) is 4.21. The number of hydrogen-bond donors (Lipinski definition) is 4. The number of hydrogen-bond acceptors (Lipinski definition) is 5. The molecular weight excluding hydrogens is 222 g/mol. The van der Waals surface area contributed by atoms with Gasteiger partial charge in [0.2, 0.25) is 0 Å². The molecule has 1 aromatic rings. The summed E-state index contributed by atoms with van der Waals surface area (Å²) in [6.07, 6.45) is -0.637. The molecule has 0 spiro atoms. The molecule has 1 rings (SSSR count). The first-order valence-corrected chi connectivity index (χ1v) is 5.54. The smallest absolute Gasteiger partial charge is 0.126 e. The molecule has 5 heteroatoms. The monoisotopic (exact) mass is 241 g/mol. The average molecular weight is 241 g/mol. The second-order valence-electron chi connectivity index (χ2n) is 4.21. The molecule has 0 heterocycles. The Morgan fingerprint density at radius 1 is 1.18 bits per heavy atom. The van der Waals surface area contributed by atoms with Crippen molar-refractivity contribution < 1.29 is 20.1 Å². The zero-order chi connectivity index (χ0) is 12.8. The van der Waals surface area contributed by atoms with Gasteiger partial charge in [-0.05, 0) is 0 Å². The second kappa shape index (κ2) is 6.32. The molecule has 1 aromatic carbocycles. The van der Waals surface area contributed by atoms with E-state index in [4.69, 9.17) is 4.74 Å². The molecule has 0 amide bonds. The van der Waals surface area contributed by atoms with E-state index >= 15 is 0 Å². The number of ether oxygens (including phenoxy) is 1. The number of phenols is 2. The molecule has 17 heavy (non-hydrogen) atoms. The van der Waals surface area contributed by atoms with Crippen LogP contribution in [0.25, 0.3) is 0 Å². The molecular formula is C12H19NO4. The fourth-order valence-corrected chi connectivity index (χ4v) is 1.27. The Balaban J connectivity index is 2.39. The number of aromatic hydroxyl groups is 2. The van der Waals surface area contributed by atoms with Crippen LogP contribution in [-0.4, -0.2) is 40.6 Å². The van der Waals surface area contributed by atoms with Crippen molar-refractivity contribution in [2.24, 2.45) is 0 Å². The summed E-state index contributed by atoms with van der Waals surface area (Å²) in [5.41, 5.74) is 0. The van der Waals surface area contributed by atoms with Gasteiger partial charge in [0.1, 0.15) is 30.0 Å². The number of aliphatic hydroxyl groups is 1. The normalized spacial score (nSPS) is 12.7. The molecule has 0 aliphatic heterocycles. The van der Waals surface area contributed by atoms with Crippen molar-refractivity contribution in [3.8, 4) is 17.2 Å². The van der Waals surface area contributed by atoms with Crippen LogP contribution in [0.3, 0.4) is 0 Å². The van der Waals surface area contributed by atoms with E-state index in [1.54, 1.807) is 0 Å². The van der Waals surface area contributed by atoms with Gasteiger partial charge in [-0.2, -0.15) is 0 Å². The first-order chi connectivity index (χ1) is 7.97. The lowest BCUT2D eigenvalue weighted by atomic mass is 10.3. The maximum absolute atomic E-state index is 9.59. The van der Waals surface area contributed by atoms with Crippen LogP contribution >= 0.6 is 0 Å². The molecule has 0 saturated heterocycles. The van der Waals surface area contributed by atoms with Gasteiger partial charge in [0, 0.05) is 30.8 Å². The number of aliphatic hydroxyl groups excluding tert-OH is 1. The predicted molar refractivity (Wildman–Crippen MR) is 64.4 cm³/mol. The third kappa shape index (κ3) is 5.42. The molecule has 1 atom stereocenters. The Labute approximate surface area is 101 Å². The molecule has 0 aliphatic carbocycles. The van der Waals surface area contributed by atoms with Crippen molar-refractivity contribution in [3.05, 3.63) is 18.2 Å². The minimum absolute atomic E-state index is 0.0743. The summed E-state index contributed by atoms with van der Waals surface area (Å²) in [4.78, 5) is 0. The van der Waals surface area contributed by atoms with Crippen LogP contribution in [-0.2, 0) is 0 Å². The average Bonchev–Trinajstić information content (AvgIpc) is 2.22. The molecule has 0 radical (unpaired) electrons. The highest BCUT2D eigenvalue weighted by Gasteiger charge is 2.07. The van der Waals surface area contributed by atoms with Gasteiger partial charge >= 0.3 is 0 Å². The first kappa shape index (κ1) is 13.6. The maximum Gasteiger partial charge on any atom is 0.126 e. The van der Waals surface area contributed by atoms with E-state index < -0.39 is 6.10 Å². The van der Waals surface area contributed by atoms with Gasteiger partial charge in [0.15, 0.2) is 0 Å². The molecule has 5 nitrogen and oxygen atoms in total. The van der Waals surface area contributed by atoms with E-state index in [1.165, 1.54) is 18.2 Å². The topological polar surface area (TPSA) is 82.0 Å². The van der Waals surface area contributed by atoms with E-state index in [2.05, 4.69) is 5.32 Å². The summed E-state index contributed by atoms with van der Waals surface area (Å²) in [5, 5.41) is 31.1. The molecule has 96 valence electrons. The van der Waals surface area contributed by atoms with E-state index in [0.717, 1.165) is 0 Å². The predicted octanol–water partition coefficient (Wildman–Crippen LogP) is 0.835. The Bertz CT molecular complexity index is 334. The summed E-state index contributed by atoms with van der Waals surface area (Å²) in [7, 11) is 0. The zero-order valence-electron chi connectivity index (χ0n) is 10.1. The molecule has 0 bridgehead atoms. The molecule has 0 saturated carbocycles. The van der Waals surface area contributed by atoms with Crippen molar-refractivity contribution >= 4 is 0 Å². The molecule has 0 unspecified atom stereocenters. The number of benzene rings is 1. The van der Waals surface area contributed by atoms with Crippen LogP contribution in [0, 0.1) is 0 Å². The van der Waals surface area contributed by atoms with Gasteiger partial charge in [0.25, 0.3) is 0 Å². The Hall–Kier alpha value is -1.46. The van der Waals surface area contributed by atoms with Crippen LogP contribution in [0.4, 0.5) is 0 Å². The highest BCUT2D eigenvalue weighted by molar-refractivity contribution is 5.40. The van der Waals surface area contributed by atoms with E-state index in [1.807, 2.05) is 13.8 Å². The standard InChI is InChI=1S/C12H19NO4/c1-8(2)13-6-11(16)7-17-12-4-9(14)3-10(15)5-12/h3-5,8,11,13-16H,6-7H2,1-2H3/t11-/m0/s1. The fourth-order valence-electron chi connectivity index (χ4n) is 1.27. The van der Waals surface area contributed by atoms with Crippen LogP contribution in [0.15, 0.2) is 18.2 Å². The largest absolute Gasteiger partial charge is 0.508 e. The third-order valence-electron chi connectivity index (χ3n) is 2.08. The summed E-state index contributed by atoms with van der Waals surface area (Å²) in [6.45, 7) is 4.51. The van der Waals surface area contributed by atoms with Gasteiger partial charge in [-0.25, -0.2) is 0 Å². The van der Waals surface area contributed by atoms with Gasteiger partial charge < -0.3 is 25.4 Å². The van der Waals surface area contributed by atoms with Crippen molar-refractivity contribution in [2.45, 2.75) is 26.0 Å². The summed E-state index contributed by atoms with van der Waals surface area (Å²) in [5.74, 6) is 0.177. The van der Waals surface area contributed by atoms with Gasteiger partial charge in [-0.1, -0.05) is 13.8 Å². The summed E-state index contributed by atoms with van der Waals surface area (Å²) < 4.78 is 5.25. The minimum Gasteiger partial charge on any atom is -0.508 e. The van der Waals surface area contributed by atoms with Gasteiger partial charge in [-0.15, -0.1) is 0 Å². The molecule has 0 fully saturated rings. The fraction of sp³-hybridized carbons (Fsp3) is 0.500. The third-order valence-corrected chi connectivity index (χ3v) is 2.08. The van der Waals surface area contributed by atoms with E-state index in [9.17, 15) is 15.3 Å². The Kier molecular flexibility index (Phi) is 5.06. The van der Waals surface area contributed by atoms with Crippen molar-refractivity contribution in [1.29, 1.82) is 0 Å². The van der Waals surface area contributed by atoms with Crippen molar-refractivity contribution in [2.75, 3.05) is 13.2 Å². The van der Waals surface area contributed by atoms with Gasteiger partial charge in [-0.3, -0.25) is 0 Å². The minimum atomic E-state index is -0.637. The Morgan fingerprint density at radius 2 is 1.76 bits per heavy atom. The van der Waals surface area contributed by atoms with Crippen molar-refractivity contribution in [1.82, 2.24) is 5.32 Å². The Morgan fingerprint density at radius 3 is 2.29 bits per heavy atom. The zero-order valence-corrected chi connectivity index (χ0v) is 10.1. The van der Waals surface area contributed by atoms with Crippen LogP contribution < -0.4 is 10.1 Å². The number of rotatable bonds is 6. The highest BCUT2D eigenvalue weighted by atomic mass is 16.5. The van der Waals surface area contributed by atoms with E-state index in [0.29, 0.717) is 18.3 Å². The first-order valence-electron chi connectivity index (χ1n) is 5.54. The molecule has 0 aliphatic rings. The van der Waals surface area contributed by atoms with E-state index in [-0.39, 0.29) is 18.1 Å². The number of phenolic OH excluding ortho intramolecular Hbond substituents is 2. The van der Waals surface area contributed by atoms with Gasteiger partial charge in [0.05, 0.1) is 0 Å². The quantitative estimate of drug-likeness (QED) is 0.593. The van der Waals surface area contributed by atoms with Crippen LogP contribution in [0.2, 0.25) is 0 Å².